The second-order valence-corrected chi connectivity index (χ2v) is 6.81. The topological polar surface area (TPSA) is 64.1 Å². The first-order chi connectivity index (χ1) is 13.2. The third-order valence-corrected chi connectivity index (χ3v) is 4.45. The van der Waals surface area contributed by atoms with Gasteiger partial charge >= 0.3 is 0 Å². The first-order valence-electron chi connectivity index (χ1n) is 10.1. The lowest BCUT2D eigenvalue weighted by atomic mass is 10.1. The summed E-state index contributed by atoms with van der Waals surface area (Å²) in [4.78, 5) is 4.31. The summed E-state index contributed by atoms with van der Waals surface area (Å²) >= 11 is 0. The number of benzene rings is 1. The van der Waals surface area contributed by atoms with Gasteiger partial charge in [0.25, 0.3) is 0 Å². The number of hydrogen-bond acceptors (Lipinski definition) is 4. The molecule has 6 heteroatoms. The van der Waals surface area contributed by atoms with E-state index in [1.165, 1.54) is 12.8 Å². The van der Waals surface area contributed by atoms with E-state index in [1.807, 2.05) is 26.0 Å². The fourth-order valence-corrected chi connectivity index (χ4v) is 2.74. The molecule has 0 aromatic heterocycles. The Balaban J connectivity index is 1.80. The Bertz CT molecular complexity index is 588. The van der Waals surface area contributed by atoms with Crippen LogP contribution in [0.2, 0.25) is 0 Å². The second kappa shape index (κ2) is 11.7. The van der Waals surface area contributed by atoms with Crippen LogP contribution >= 0.6 is 0 Å². The Morgan fingerprint density at radius 1 is 1.19 bits per heavy atom. The van der Waals surface area contributed by atoms with Crippen molar-refractivity contribution >= 4 is 5.96 Å². The van der Waals surface area contributed by atoms with Crippen LogP contribution in [0, 0.1) is 5.92 Å². The first-order valence-corrected chi connectivity index (χ1v) is 10.1. The molecule has 1 atom stereocenters. The second-order valence-electron chi connectivity index (χ2n) is 6.81. The number of nitrogens with one attached hydrogen (secondary N) is 2. The van der Waals surface area contributed by atoms with Crippen molar-refractivity contribution in [1.29, 1.82) is 0 Å². The maximum atomic E-state index is 5.72. The maximum Gasteiger partial charge on any atom is 0.191 e. The van der Waals surface area contributed by atoms with Crippen molar-refractivity contribution in [2.75, 3.05) is 40.0 Å². The average molecular weight is 378 g/mol. The van der Waals surface area contributed by atoms with E-state index in [4.69, 9.17) is 14.2 Å². The lowest BCUT2D eigenvalue weighted by molar-refractivity contribution is 0.123. The Labute approximate surface area is 163 Å². The molecule has 1 unspecified atom stereocenters. The lowest BCUT2D eigenvalue weighted by Crippen LogP contribution is -2.39. The minimum absolute atomic E-state index is 0.0946. The largest absolute Gasteiger partial charge is 0.490 e. The molecule has 2 rings (SSSR count). The molecular weight excluding hydrogens is 342 g/mol. The fourth-order valence-electron chi connectivity index (χ4n) is 2.74. The lowest BCUT2D eigenvalue weighted by Gasteiger charge is -2.20. The number of nitrogens with zero attached hydrogens (tertiary/aromatic N) is 1. The van der Waals surface area contributed by atoms with Crippen molar-refractivity contribution in [1.82, 2.24) is 10.6 Å². The smallest absolute Gasteiger partial charge is 0.191 e. The highest BCUT2D eigenvalue weighted by atomic mass is 16.5. The summed E-state index contributed by atoms with van der Waals surface area (Å²) in [5.74, 6) is 3.17. The molecule has 0 spiro atoms. The van der Waals surface area contributed by atoms with Gasteiger partial charge in [-0.2, -0.15) is 0 Å². The van der Waals surface area contributed by atoms with Gasteiger partial charge in [0.05, 0.1) is 19.3 Å². The minimum Gasteiger partial charge on any atom is -0.490 e. The van der Waals surface area contributed by atoms with E-state index in [-0.39, 0.29) is 6.04 Å². The van der Waals surface area contributed by atoms with E-state index < -0.39 is 0 Å². The van der Waals surface area contributed by atoms with E-state index in [2.05, 4.69) is 28.6 Å². The van der Waals surface area contributed by atoms with Crippen molar-refractivity contribution in [2.24, 2.45) is 10.9 Å². The molecule has 1 fully saturated rings. The normalized spacial score (nSPS) is 15.3. The van der Waals surface area contributed by atoms with Crippen LogP contribution in [0.25, 0.3) is 0 Å². The summed E-state index contributed by atoms with van der Waals surface area (Å²) in [7, 11) is 1.79. The van der Waals surface area contributed by atoms with Crippen LogP contribution in [0.3, 0.4) is 0 Å². The van der Waals surface area contributed by atoms with Gasteiger partial charge in [-0.15, -0.1) is 0 Å². The van der Waals surface area contributed by atoms with Crippen molar-refractivity contribution in [3.63, 3.8) is 0 Å². The highest BCUT2D eigenvalue weighted by Gasteiger charge is 2.20. The molecule has 152 valence electrons. The number of rotatable bonds is 12. The highest BCUT2D eigenvalue weighted by molar-refractivity contribution is 5.80. The number of guanidine groups is 1. The van der Waals surface area contributed by atoms with Gasteiger partial charge in [0.1, 0.15) is 0 Å². The molecule has 1 saturated carbocycles. The van der Waals surface area contributed by atoms with Crippen molar-refractivity contribution in [2.45, 2.75) is 46.1 Å². The van der Waals surface area contributed by atoms with Crippen LogP contribution in [-0.2, 0) is 4.74 Å². The van der Waals surface area contributed by atoms with Gasteiger partial charge in [-0.3, -0.25) is 4.99 Å². The number of ether oxygens (including phenoxy) is 3. The molecule has 0 heterocycles. The molecule has 1 aromatic carbocycles. The van der Waals surface area contributed by atoms with Crippen LogP contribution in [0.15, 0.2) is 23.2 Å². The Hall–Kier alpha value is -1.95. The monoisotopic (exact) mass is 377 g/mol. The SMILES string of the molecule is CCOc1ccc(C(C)NC(=NC)NCCCOCC2CC2)cc1OCC. The third kappa shape index (κ3) is 7.67. The maximum absolute atomic E-state index is 5.72. The highest BCUT2D eigenvalue weighted by Crippen LogP contribution is 2.30. The molecule has 0 amide bonds. The predicted octanol–water partition coefficient (Wildman–Crippen LogP) is 3.53. The molecule has 0 bridgehead atoms. The van der Waals surface area contributed by atoms with E-state index in [1.54, 1.807) is 7.05 Å². The first kappa shape index (κ1) is 21.4. The Morgan fingerprint density at radius 3 is 2.59 bits per heavy atom. The Morgan fingerprint density at radius 2 is 1.93 bits per heavy atom. The molecule has 27 heavy (non-hydrogen) atoms. The Kier molecular flexibility index (Phi) is 9.25. The number of hydrogen-bond donors (Lipinski definition) is 2. The van der Waals surface area contributed by atoms with Crippen LogP contribution in [-0.4, -0.2) is 46.0 Å². The summed E-state index contributed by atoms with van der Waals surface area (Å²) in [6.07, 6.45) is 3.64. The molecule has 0 saturated heterocycles. The van der Waals surface area contributed by atoms with Crippen molar-refractivity contribution in [3.05, 3.63) is 23.8 Å². The summed E-state index contributed by atoms with van der Waals surface area (Å²) in [5, 5.41) is 6.77. The summed E-state index contributed by atoms with van der Waals surface area (Å²) in [5.41, 5.74) is 1.12. The zero-order valence-corrected chi connectivity index (χ0v) is 17.2. The van der Waals surface area contributed by atoms with Gasteiger partial charge in [-0.25, -0.2) is 0 Å². The molecule has 1 aliphatic rings. The van der Waals surface area contributed by atoms with E-state index in [9.17, 15) is 0 Å². The minimum atomic E-state index is 0.0946. The van der Waals surface area contributed by atoms with Gasteiger partial charge in [-0.05, 0) is 63.6 Å². The van der Waals surface area contributed by atoms with Crippen molar-refractivity contribution in [3.8, 4) is 11.5 Å². The van der Waals surface area contributed by atoms with E-state index >= 15 is 0 Å². The molecule has 1 aromatic rings. The number of aliphatic imine (C=N–C) groups is 1. The van der Waals surface area contributed by atoms with Gasteiger partial charge in [-0.1, -0.05) is 6.07 Å². The molecule has 2 N–H and O–H groups in total. The third-order valence-electron chi connectivity index (χ3n) is 4.45. The molecule has 1 aliphatic carbocycles. The summed E-state index contributed by atoms with van der Waals surface area (Å²) in [6, 6.07) is 6.15. The molecule has 6 nitrogen and oxygen atoms in total. The van der Waals surface area contributed by atoms with E-state index in [0.29, 0.717) is 13.2 Å². The molecule has 0 aliphatic heterocycles. The van der Waals surface area contributed by atoms with Gasteiger partial charge in [0.2, 0.25) is 0 Å². The van der Waals surface area contributed by atoms with Gasteiger partial charge < -0.3 is 24.8 Å². The van der Waals surface area contributed by atoms with Crippen LogP contribution < -0.4 is 20.1 Å². The zero-order chi connectivity index (χ0) is 19.5. The van der Waals surface area contributed by atoms with Crippen LogP contribution in [0.4, 0.5) is 0 Å². The van der Waals surface area contributed by atoms with Crippen molar-refractivity contribution < 1.29 is 14.2 Å². The standard InChI is InChI=1S/C21H35N3O3/c1-5-26-19-11-10-18(14-20(19)27-6-2)16(3)24-21(22-4)23-12-7-13-25-15-17-8-9-17/h10-11,14,16-17H,5-9,12-13,15H2,1-4H3,(H2,22,23,24). The summed E-state index contributed by atoms with van der Waals surface area (Å²) in [6.45, 7) is 9.84. The van der Waals surface area contributed by atoms with Crippen LogP contribution in [0.1, 0.15) is 51.6 Å². The fraction of sp³-hybridized carbons (Fsp3) is 0.667. The average Bonchev–Trinajstić information content (AvgIpc) is 3.49. The quantitative estimate of drug-likeness (QED) is 0.331. The van der Waals surface area contributed by atoms with Gasteiger partial charge in [0, 0.05) is 26.8 Å². The molecular formula is C21H35N3O3. The molecule has 0 radical (unpaired) electrons. The summed E-state index contributed by atoms with van der Waals surface area (Å²) < 4.78 is 17.0. The van der Waals surface area contributed by atoms with Gasteiger partial charge in [0.15, 0.2) is 17.5 Å². The van der Waals surface area contributed by atoms with Crippen LogP contribution in [0.5, 0.6) is 11.5 Å². The van der Waals surface area contributed by atoms with E-state index in [0.717, 1.165) is 55.1 Å². The zero-order valence-electron chi connectivity index (χ0n) is 17.2. The predicted molar refractivity (Wildman–Crippen MR) is 110 cm³/mol.